The minimum Gasteiger partial charge on any atom is -0.382 e. The smallest absolute Gasteiger partial charge is 0.227 e. The number of rotatable bonds is 10. The Hall–Kier alpha value is -0.980. The fraction of sp³-hybridized carbons (Fsp3) is 0.833. The monoisotopic (exact) mass is 255 g/mol. The molecule has 1 fully saturated rings. The van der Waals surface area contributed by atoms with Crippen molar-refractivity contribution in [1.82, 2.24) is 15.5 Å². The van der Waals surface area contributed by atoms with Gasteiger partial charge in [0.05, 0.1) is 19.8 Å². The average Bonchev–Trinajstić information content (AvgIpc) is 3.08. The van der Waals surface area contributed by atoms with Gasteiger partial charge >= 0.3 is 0 Å². The zero-order valence-corrected chi connectivity index (χ0v) is 10.9. The summed E-state index contributed by atoms with van der Waals surface area (Å²) in [6, 6.07) is 0.724. The van der Waals surface area contributed by atoms with Crippen molar-refractivity contribution in [3.05, 3.63) is 11.7 Å². The zero-order chi connectivity index (χ0) is 12.6. The van der Waals surface area contributed by atoms with E-state index >= 15 is 0 Å². The van der Waals surface area contributed by atoms with E-state index in [0.29, 0.717) is 38.0 Å². The van der Waals surface area contributed by atoms with Gasteiger partial charge in [-0.3, -0.25) is 0 Å². The van der Waals surface area contributed by atoms with Crippen molar-refractivity contribution in [3.63, 3.8) is 0 Å². The molecule has 0 radical (unpaired) electrons. The molecule has 0 atom stereocenters. The molecular formula is C12H21N3O3. The topological polar surface area (TPSA) is 69.4 Å². The van der Waals surface area contributed by atoms with Crippen molar-refractivity contribution in [2.45, 2.75) is 31.7 Å². The molecule has 0 aliphatic heterocycles. The molecule has 1 aromatic heterocycles. The quantitative estimate of drug-likeness (QED) is 0.616. The molecule has 0 saturated heterocycles. The van der Waals surface area contributed by atoms with Crippen molar-refractivity contribution in [2.24, 2.45) is 0 Å². The summed E-state index contributed by atoms with van der Waals surface area (Å²) >= 11 is 0. The minimum absolute atomic E-state index is 0.600. The van der Waals surface area contributed by atoms with E-state index in [1.165, 1.54) is 12.8 Å². The van der Waals surface area contributed by atoms with Gasteiger partial charge in [-0.25, -0.2) is 0 Å². The van der Waals surface area contributed by atoms with E-state index in [2.05, 4.69) is 15.5 Å². The van der Waals surface area contributed by atoms with Gasteiger partial charge in [-0.05, 0) is 12.8 Å². The maximum absolute atomic E-state index is 5.35. The number of ether oxygens (including phenoxy) is 2. The molecule has 18 heavy (non-hydrogen) atoms. The third kappa shape index (κ3) is 5.12. The molecule has 1 N–H and O–H groups in total. The van der Waals surface area contributed by atoms with Crippen LogP contribution in [0.3, 0.4) is 0 Å². The third-order valence-electron chi connectivity index (χ3n) is 2.76. The molecule has 6 nitrogen and oxygen atoms in total. The Morgan fingerprint density at radius 3 is 2.94 bits per heavy atom. The SMILES string of the molecule is COCCOCCc1noc(CCNC2CC2)n1. The van der Waals surface area contributed by atoms with Crippen LogP contribution in [0, 0.1) is 0 Å². The molecule has 1 aliphatic carbocycles. The van der Waals surface area contributed by atoms with Crippen LogP contribution in [-0.2, 0) is 22.3 Å². The number of aromatic nitrogens is 2. The summed E-state index contributed by atoms with van der Waals surface area (Å²) in [5.41, 5.74) is 0. The van der Waals surface area contributed by atoms with Crippen molar-refractivity contribution >= 4 is 0 Å². The lowest BCUT2D eigenvalue weighted by molar-refractivity contribution is 0.0714. The van der Waals surface area contributed by atoms with Gasteiger partial charge in [0.15, 0.2) is 5.82 Å². The lowest BCUT2D eigenvalue weighted by Crippen LogP contribution is -2.19. The molecule has 1 aromatic rings. The fourth-order valence-electron chi connectivity index (χ4n) is 1.57. The Morgan fingerprint density at radius 2 is 2.17 bits per heavy atom. The van der Waals surface area contributed by atoms with Gasteiger partial charge in [0.1, 0.15) is 0 Å². The molecule has 0 unspecified atom stereocenters. The van der Waals surface area contributed by atoms with E-state index in [1.54, 1.807) is 7.11 Å². The highest BCUT2D eigenvalue weighted by atomic mass is 16.5. The highest BCUT2D eigenvalue weighted by Gasteiger charge is 2.20. The first kappa shape index (κ1) is 13.5. The maximum Gasteiger partial charge on any atom is 0.227 e. The molecule has 6 heteroatoms. The Bertz CT molecular complexity index is 339. The van der Waals surface area contributed by atoms with Gasteiger partial charge in [0, 0.05) is 32.5 Å². The normalized spacial score (nSPS) is 15.2. The molecule has 0 spiro atoms. The lowest BCUT2D eigenvalue weighted by Gasteiger charge is -2.00. The predicted molar refractivity (Wildman–Crippen MR) is 65.4 cm³/mol. The van der Waals surface area contributed by atoms with Gasteiger partial charge in [-0.1, -0.05) is 5.16 Å². The van der Waals surface area contributed by atoms with Crippen molar-refractivity contribution in [1.29, 1.82) is 0 Å². The van der Waals surface area contributed by atoms with E-state index in [9.17, 15) is 0 Å². The molecule has 0 amide bonds. The molecule has 0 aromatic carbocycles. The van der Waals surface area contributed by atoms with Gasteiger partial charge in [-0.2, -0.15) is 4.98 Å². The highest BCUT2D eigenvalue weighted by Crippen LogP contribution is 2.18. The van der Waals surface area contributed by atoms with E-state index < -0.39 is 0 Å². The number of nitrogens with one attached hydrogen (secondary N) is 1. The van der Waals surface area contributed by atoms with Crippen LogP contribution in [-0.4, -0.2) is 49.7 Å². The van der Waals surface area contributed by atoms with E-state index in [1.807, 2.05) is 0 Å². The molecule has 1 saturated carbocycles. The second kappa shape index (κ2) is 7.45. The first-order valence-corrected chi connectivity index (χ1v) is 6.50. The maximum atomic E-state index is 5.35. The number of hydrogen-bond acceptors (Lipinski definition) is 6. The Morgan fingerprint density at radius 1 is 1.28 bits per heavy atom. The summed E-state index contributed by atoms with van der Waals surface area (Å²) < 4.78 is 15.4. The van der Waals surface area contributed by atoms with E-state index in [0.717, 1.165) is 19.0 Å². The predicted octanol–water partition coefficient (Wildman–Crippen LogP) is 0.570. The fourth-order valence-corrected chi connectivity index (χ4v) is 1.57. The van der Waals surface area contributed by atoms with Crippen LogP contribution in [0.5, 0.6) is 0 Å². The molecule has 1 aliphatic rings. The minimum atomic E-state index is 0.600. The van der Waals surface area contributed by atoms with Gasteiger partial charge in [0.25, 0.3) is 0 Å². The van der Waals surface area contributed by atoms with Crippen LogP contribution in [0.25, 0.3) is 0 Å². The largest absolute Gasteiger partial charge is 0.382 e. The zero-order valence-electron chi connectivity index (χ0n) is 10.9. The summed E-state index contributed by atoms with van der Waals surface area (Å²) in [6.45, 7) is 2.73. The lowest BCUT2D eigenvalue weighted by atomic mass is 10.4. The molecule has 1 heterocycles. The van der Waals surface area contributed by atoms with Gasteiger partial charge in [0.2, 0.25) is 5.89 Å². The van der Waals surface area contributed by atoms with Gasteiger partial charge < -0.3 is 19.3 Å². The summed E-state index contributed by atoms with van der Waals surface area (Å²) in [5.74, 6) is 1.42. The van der Waals surface area contributed by atoms with Crippen LogP contribution in [0.1, 0.15) is 24.6 Å². The number of methoxy groups -OCH3 is 1. The molecule has 0 bridgehead atoms. The van der Waals surface area contributed by atoms with Crippen LogP contribution >= 0.6 is 0 Å². The van der Waals surface area contributed by atoms with Crippen LogP contribution in [0.4, 0.5) is 0 Å². The van der Waals surface area contributed by atoms with Crippen molar-refractivity contribution in [2.75, 3.05) is 33.5 Å². The van der Waals surface area contributed by atoms with Crippen molar-refractivity contribution < 1.29 is 14.0 Å². The summed E-state index contributed by atoms with van der Waals surface area (Å²) in [4.78, 5) is 4.32. The first-order chi connectivity index (χ1) is 8.88. The highest BCUT2D eigenvalue weighted by molar-refractivity contribution is 4.88. The van der Waals surface area contributed by atoms with Gasteiger partial charge in [-0.15, -0.1) is 0 Å². The number of hydrogen-bond donors (Lipinski definition) is 1. The second-order valence-electron chi connectivity index (χ2n) is 4.44. The van der Waals surface area contributed by atoms with E-state index in [4.69, 9.17) is 14.0 Å². The molecule has 2 rings (SSSR count). The Balaban J connectivity index is 1.56. The molecule has 102 valence electrons. The van der Waals surface area contributed by atoms with Crippen LogP contribution < -0.4 is 5.32 Å². The van der Waals surface area contributed by atoms with E-state index in [-0.39, 0.29) is 0 Å². The third-order valence-corrected chi connectivity index (χ3v) is 2.76. The Kier molecular flexibility index (Phi) is 5.57. The van der Waals surface area contributed by atoms with Crippen LogP contribution in [0.15, 0.2) is 4.52 Å². The Labute approximate surface area is 107 Å². The standard InChI is InChI=1S/C12H21N3O3/c1-16-8-9-17-7-5-11-14-12(18-15-11)4-6-13-10-2-3-10/h10,13H,2-9H2,1H3. The number of nitrogens with zero attached hydrogens (tertiary/aromatic N) is 2. The average molecular weight is 255 g/mol. The molecular weight excluding hydrogens is 234 g/mol. The van der Waals surface area contributed by atoms with Crippen molar-refractivity contribution in [3.8, 4) is 0 Å². The van der Waals surface area contributed by atoms with Crippen LogP contribution in [0.2, 0.25) is 0 Å². The summed E-state index contributed by atoms with van der Waals surface area (Å²) in [5, 5.41) is 7.34. The second-order valence-corrected chi connectivity index (χ2v) is 4.44. The summed E-state index contributed by atoms with van der Waals surface area (Å²) in [6.07, 6.45) is 4.08. The first-order valence-electron chi connectivity index (χ1n) is 6.50. The summed E-state index contributed by atoms with van der Waals surface area (Å²) in [7, 11) is 1.66.